The van der Waals surface area contributed by atoms with E-state index >= 15 is 0 Å². The first-order chi connectivity index (χ1) is 13.4. The van der Waals surface area contributed by atoms with Gasteiger partial charge in [0.2, 0.25) is 0 Å². The Morgan fingerprint density at radius 1 is 1.18 bits per heavy atom. The highest BCUT2D eigenvalue weighted by molar-refractivity contribution is 7.21. The Labute approximate surface area is 169 Å². The molecule has 0 radical (unpaired) electrons. The number of nitrogens with two attached hydrogens (primary N) is 1. The average Bonchev–Trinajstić information content (AvgIpc) is 3.01. The summed E-state index contributed by atoms with van der Waals surface area (Å²) in [6.07, 6.45) is 0. The maximum absolute atomic E-state index is 13.5. The number of fused-ring (bicyclic) bond motifs is 1. The third-order valence-electron chi connectivity index (χ3n) is 4.37. The van der Waals surface area contributed by atoms with Gasteiger partial charge in [0.05, 0.1) is 11.4 Å². The number of hydrogen-bond acceptors (Lipinski definition) is 4. The summed E-state index contributed by atoms with van der Waals surface area (Å²) < 4.78 is 13.5. The lowest BCUT2D eigenvalue weighted by molar-refractivity contribution is 0.103. The number of hydrogen-bond donors (Lipinski definition) is 2. The lowest BCUT2D eigenvalue weighted by atomic mass is 10.1. The molecule has 140 valence electrons. The number of halogens is 2. The fourth-order valence-electron chi connectivity index (χ4n) is 2.88. The molecule has 7 heteroatoms. The second-order valence-electron chi connectivity index (χ2n) is 6.32. The highest BCUT2D eigenvalue weighted by atomic mass is 35.5. The molecule has 2 aromatic carbocycles. The van der Waals surface area contributed by atoms with Crippen LogP contribution in [0.25, 0.3) is 21.5 Å². The minimum absolute atomic E-state index is 0.321. The standard InChI is InChI=1S/C21H15ClFN3OS/c1-11-5-6-13(22)10-17(11)25-20(27)19-18(24)15-7-8-16(26-21(15)28-19)12-3-2-4-14(23)9-12/h2-10H,24H2,1H3,(H,25,27). The predicted octanol–water partition coefficient (Wildman–Crippen LogP) is 5.90. The fraction of sp³-hybridized carbons (Fsp3) is 0.0476. The van der Waals surface area contributed by atoms with Gasteiger partial charge in [-0.15, -0.1) is 11.3 Å². The number of carbonyl (C=O) groups excluding carboxylic acids is 1. The monoisotopic (exact) mass is 411 g/mol. The fourth-order valence-corrected chi connectivity index (χ4v) is 4.04. The lowest BCUT2D eigenvalue weighted by Gasteiger charge is -2.08. The SMILES string of the molecule is Cc1ccc(Cl)cc1NC(=O)c1sc2nc(-c3cccc(F)c3)ccc2c1N. The van der Waals surface area contributed by atoms with Crippen LogP contribution in [-0.2, 0) is 0 Å². The Hall–Kier alpha value is -2.96. The molecule has 0 saturated carbocycles. The molecule has 0 fully saturated rings. The van der Waals surface area contributed by atoms with Gasteiger partial charge in [-0.05, 0) is 48.9 Å². The third-order valence-corrected chi connectivity index (χ3v) is 5.72. The van der Waals surface area contributed by atoms with E-state index in [1.807, 2.05) is 13.0 Å². The Kier molecular flexibility index (Phi) is 4.75. The molecule has 0 unspecified atom stereocenters. The van der Waals surface area contributed by atoms with Gasteiger partial charge in [-0.25, -0.2) is 9.37 Å². The first-order valence-electron chi connectivity index (χ1n) is 8.45. The second kappa shape index (κ2) is 7.22. The Balaban J connectivity index is 1.71. The van der Waals surface area contributed by atoms with Crippen molar-refractivity contribution in [3.8, 4) is 11.3 Å². The van der Waals surface area contributed by atoms with Gasteiger partial charge < -0.3 is 11.1 Å². The molecule has 1 amide bonds. The van der Waals surface area contributed by atoms with Crippen molar-refractivity contribution in [3.05, 3.63) is 75.9 Å². The van der Waals surface area contributed by atoms with E-state index in [-0.39, 0.29) is 11.7 Å². The van der Waals surface area contributed by atoms with Crippen molar-refractivity contribution in [2.45, 2.75) is 6.92 Å². The summed E-state index contributed by atoms with van der Waals surface area (Å²) in [5.74, 6) is -0.653. The molecule has 3 N–H and O–H groups in total. The van der Waals surface area contributed by atoms with Crippen LogP contribution in [-0.4, -0.2) is 10.9 Å². The number of benzene rings is 2. The zero-order valence-corrected chi connectivity index (χ0v) is 16.4. The van der Waals surface area contributed by atoms with E-state index in [2.05, 4.69) is 10.3 Å². The van der Waals surface area contributed by atoms with Crippen molar-refractivity contribution in [3.63, 3.8) is 0 Å². The van der Waals surface area contributed by atoms with E-state index < -0.39 is 0 Å². The molecule has 0 aliphatic rings. The van der Waals surface area contributed by atoms with E-state index in [9.17, 15) is 9.18 Å². The molecule has 28 heavy (non-hydrogen) atoms. The number of pyridine rings is 1. The molecule has 2 aromatic heterocycles. The molecule has 4 aromatic rings. The molecular weight excluding hydrogens is 397 g/mol. The third kappa shape index (κ3) is 3.44. The average molecular weight is 412 g/mol. The minimum atomic E-state index is -0.331. The number of aryl methyl sites for hydroxylation is 1. The number of amides is 1. The van der Waals surface area contributed by atoms with Gasteiger partial charge in [0.1, 0.15) is 15.5 Å². The molecule has 0 atom stereocenters. The highest BCUT2D eigenvalue weighted by Gasteiger charge is 2.18. The van der Waals surface area contributed by atoms with E-state index in [0.29, 0.717) is 42.7 Å². The highest BCUT2D eigenvalue weighted by Crippen LogP contribution is 2.35. The Morgan fingerprint density at radius 2 is 2.00 bits per heavy atom. The molecule has 0 aliphatic heterocycles. The maximum atomic E-state index is 13.5. The number of thiophene rings is 1. The van der Waals surface area contributed by atoms with Crippen LogP contribution < -0.4 is 11.1 Å². The first-order valence-corrected chi connectivity index (χ1v) is 9.64. The van der Waals surface area contributed by atoms with Gasteiger partial charge in [0, 0.05) is 21.7 Å². The molecule has 4 rings (SSSR count). The maximum Gasteiger partial charge on any atom is 0.267 e. The van der Waals surface area contributed by atoms with Crippen LogP contribution in [0.15, 0.2) is 54.6 Å². The molecule has 0 spiro atoms. The van der Waals surface area contributed by atoms with Gasteiger partial charge in [0.25, 0.3) is 5.91 Å². The van der Waals surface area contributed by atoms with Crippen LogP contribution in [0.4, 0.5) is 15.8 Å². The van der Waals surface area contributed by atoms with Crippen molar-refractivity contribution in [2.75, 3.05) is 11.1 Å². The van der Waals surface area contributed by atoms with Gasteiger partial charge in [-0.2, -0.15) is 0 Å². The van der Waals surface area contributed by atoms with Crippen LogP contribution in [0.1, 0.15) is 15.2 Å². The number of anilines is 2. The van der Waals surface area contributed by atoms with Gasteiger partial charge in [-0.1, -0.05) is 29.8 Å². The Morgan fingerprint density at radius 3 is 2.79 bits per heavy atom. The molecule has 0 bridgehead atoms. The summed E-state index contributed by atoms with van der Waals surface area (Å²) in [4.78, 5) is 18.3. The number of nitrogens with zero attached hydrogens (tertiary/aromatic N) is 1. The first kappa shape index (κ1) is 18.4. The number of carbonyl (C=O) groups is 1. The van der Waals surface area contributed by atoms with Crippen molar-refractivity contribution in [2.24, 2.45) is 0 Å². The van der Waals surface area contributed by atoms with Gasteiger partial charge >= 0.3 is 0 Å². The number of nitrogen functional groups attached to an aromatic ring is 1. The normalized spacial score (nSPS) is 11.0. The lowest BCUT2D eigenvalue weighted by Crippen LogP contribution is -2.12. The second-order valence-corrected chi connectivity index (χ2v) is 7.75. The van der Waals surface area contributed by atoms with Gasteiger partial charge in [0.15, 0.2) is 0 Å². The zero-order chi connectivity index (χ0) is 19.8. The summed E-state index contributed by atoms with van der Waals surface area (Å²) in [6.45, 7) is 1.88. The number of nitrogens with one attached hydrogen (secondary N) is 1. The smallest absolute Gasteiger partial charge is 0.267 e. The minimum Gasteiger partial charge on any atom is -0.397 e. The summed E-state index contributed by atoms with van der Waals surface area (Å²) >= 11 is 7.22. The molecule has 0 saturated heterocycles. The molecular formula is C21H15ClFN3OS. The van der Waals surface area contributed by atoms with Gasteiger partial charge in [-0.3, -0.25) is 4.79 Å². The molecule has 0 aliphatic carbocycles. The quantitative estimate of drug-likeness (QED) is 0.441. The zero-order valence-electron chi connectivity index (χ0n) is 14.8. The van der Waals surface area contributed by atoms with E-state index in [0.717, 1.165) is 5.56 Å². The van der Waals surface area contributed by atoms with Crippen LogP contribution in [0.2, 0.25) is 5.02 Å². The molecule has 4 nitrogen and oxygen atoms in total. The van der Waals surface area contributed by atoms with Crippen molar-refractivity contribution < 1.29 is 9.18 Å². The summed E-state index contributed by atoms with van der Waals surface area (Å²) in [5.41, 5.74) is 9.37. The number of aromatic nitrogens is 1. The van der Waals surface area contributed by atoms with Crippen LogP contribution in [0.3, 0.4) is 0 Å². The van der Waals surface area contributed by atoms with Crippen LogP contribution in [0.5, 0.6) is 0 Å². The summed E-state index contributed by atoms with van der Waals surface area (Å²) in [6, 6.07) is 15.1. The van der Waals surface area contributed by atoms with Crippen molar-refractivity contribution >= 4 is 50.4 Å². The summed E-state index contributed by atoms with van der Waals surface area (Å²) in [7, 11) is 0. The molecule has 2 heterocycles. The Bertz CT molecular complexity index is 1220. The topological polar surface area (TPSA) is 68.0 Å². The van der Waals surface area contributed by atoms with Crippen molar-refractivity contribution in [1.29, 1.82) is 0 Å². The van der Waals surface area contributed by atoms with E-state index in [4.69, 9.17) is 17.3 Å². The van der Waals surface area contributed by atoms with Crippen LogP contribution >= 0.6 is 22.9 Å². The predicted molar refractivity (Wildman–Crippen MR) is 114 cm³/mol. The van der Waals surface area contributed by atoms with Crippen LogP contribution in [0, 0.1) is 12.7 Å². The van der Waals surface area contributed by atoms with E-state index in [1.165, 1.54) is 23.5 Å². The van der Waals surface area contributed by atoms with E-state index in [1.54, 1.807) is 36.4 Å². The largest absolute Gasteiger partial charge is 0.397 e. The number of rotatable bonds is 3. The summed E-state index contributed by atoms with van der Waals surface area (Å²) in [5, 5.41) is 4.08. The van der Waals surface area contributed by atoms with Crippen molar-refractivity contribution in [1.82, 2.24) is 4.98 Å².